The number of rotatable bonds is 4. The van der Waals surface area contributed by atoms with Gasteiger partial charge in [0.25, 0.3) is 5.01 Å². The van der Waals surface area contributed by atoms with Gasteiger partial charge >= 0.3 is 0 Å². The number of fused-ring (bicyclic) bond motifs is 1. The molecule has 0 amide bonds. The van der Waals surface area contributed by atoms with Crippen molar-refractivity contribution in [2.24, 2.45) is 0 Å². The Morgan fingerprint density at radius 2 is 1.88 bits per heavy atom. The number of hydrogen-bond acceptors (Lipinski definition) is 5. The molecule has 0 N–H and O–H groups in total. The molecule has 168 valence electrons. The minimum absolute atomic E-state index is 0.305. The van der Waals surface area contributed by atoms with Gasteiger partial charge in [-0.05, 0) is 26.0 Å². The molecular weight excluding hydrogens is 486 g/mol. The lowest BCUT2D eigenvalue weighted by molar-refractivity contribution is -0.685. The fourth-order valence-corrected chi connectivity index (χ4v) is 7.96. The van der Waals surface area contributed by atoms with Crippen molar-refractivity contribution < 1.29 is 4.57 Å². The predicted octanol–water partition coefficient (Wildman–Crippen LogP) is 7.42. The number of para-hydroxylation sites is 1. The first kappa shape index (κ1) is 22.7. The number of thiazole rings is 1. The summed E-state index contributed by atoms with van der Waals surface area (Å²) in [5, 5.41) is 6.55. The van der Waals surface area contributed by atoms with Crippen LogP contribution in [0.25, 0.3) is 6.08 Å². The predicted molar refractivity (Wildman–Crippen MR) is 144 cm³/mol. The van der Waals surface area contributed by atoms with Crippen LogP contribution >= 0.6 is 46.5 Å². The highest BCUT2D eigenvalue weighted by Crippen LogP contribution is 2.56. The normalized spacial score (nSPS) is 19.3. The summed E-state index contributed by atoms with van der Waals surface area (Å²) in [6.07, 6.45) is 4.47. The Labute approximate surface area is 213 Å². The van der Waals surface area contributed by atoms with Gasteiger partial charge in [-0.1, -0.05) is 89.4 Å². The van der Waals surface area contributed by atoms with E-state index in [1.807, 2.05) is 12.1 Å². The molecule has 5 rings (SSSR count). The molecule has 0 spiro atoms. The molecule has 3 aromatic rings. The highest BCUT2D eigenvalue weighted by atomic mass is 35.5. The van der Waals surface area contributed by atoms with Crippen molar-refractivity contribution in [2.45, 2.75) is 31.3 Å². The lowest BCUT2D eigenvalue weighted by Crippen LogP contribution is -2.34. The van der Waals surface area contributed by atoms with Gasteiger partial charge in [0.15, 0.2) is 12.7 Å². The molecular formula is C26H25ClN3S3+. The summed E-state index contributed by atoms with van der Waals surface area (Å²) in [4.78, 5) is 6.94. The van der Waals surface area contributed by atoms with Crippen molar-refractivity contribution in [3.63, 3.8) is 0 Å². The fraction of sp³-hybridized carbons (Fsp3) is 0.192. The number of hydrogen-bond donors (Lipinski definition) is 0. The smallest absolute Gasteiger partial charge is 0.264 e. The summed E-state index contributed by atoms with van der Waals surface area (Å²) in [7, 11) is 2.09. The van der Waals surface area contributed by atoms with Crippen LogP contribution in [0.4, 0.5) is 5.69 Å². The number of nitrogens with zero attached hydrogens (tertiary/aromatic N) is 3. The van der Waals surface area contributed by atoms with Crippen molar-refractivity contribution in [1.29, 1.82) is 0 Å². The first-order valence-electron chi connectivity index (χ1n) is 10.8. The summed E-state index contributed by atoms with van der Waals surface area (Å²) in [5.74, 6) is 0. The molecule has 0 aliphatic carbocycles. The quantitative estimate of drug-likeness (QED) is 0.338. The zero-order chi connectivity index (χ0) is 23.1. The minimum atomic E-state index is 0.305. The Morgan fingerprint density at radius 3 is 2.61 bits per heavy atom. The molecule has 1 aromatic heterocycles. The number of halogens is 1. The standard InChI is InChI=1S/C26H25ClN3S3/c1-17(2)30-18(3)25(26-28(4)24-20(27)11-8-12-21(24)32-26)33-23(30)15-22-29(13-14-31-22)16-19-9-6-5-7-10-19/h5-15,17H,3,16H2,1-2,4H3/q+1. The lowest BCUT2D eigenvalue weighted by atomic mass is 10.2. The summed E-state index contributed by atoms with van der Waals surface area (Å²) in [6.45, 7) is 9.80. The first-order chi connectivity index (χ1) is 15.9. The zero-order valence-corrected chi connectivity index (χ0v) is 22.0. The molecule has 2 aliphatic heterocycles. The van der Waals surface area contributed by atoms with Crippen molar-refractivity contribution >= 4 is 58.2 Å². The van der Waals surface area contributed by atoms with E-state index < -0.39 is 0 Å². The van der Waals surface area contributed by atoms with E-state index in [-0.39, 0.29) is 0 Å². The van der Waals surface area contributed by atoms with E-state index in [0.29, 0.717) is 6.04 Å². The highest BCUT2D eigenvalue weighted by molar-refractivity contribution is 8.09. The van der Waals surface area contributed by atoms with E-state index in [2.05, 4.69) is 95.9 Å². The molecule has 2 aromatic carbocycles. The Kier molecular flexibility index (Phi) is 6.36. The number of aromatic nitrogens is 1. The van der Waals surface area contributed by atoms with Gasteiger partial charge in [0.1, 0.15) is 0 Å². The van der Waals surface area contributed by atoms with Crippen LogP contribution in [0.3, 0.4) is 0 Å². The summed E-state index contributed by atoms with van der Waals surface area (Å²) in [5.41, 5.74) is 3.42. The second-order valence-electron chi connectivity index (χ2n) is 8.23. The maximum atomic E-state index is 6.53. The fourth-order valence-electron chi connectivity index (χ4n) is 4.11. The van der Waals surface area contributed by atoms with Crippen molar-refractivity contribution in [2.75, 3.05) is 11.9 Å². The van der Waals surface area contributed by atoms with Gasteiger partial charge in [0, 0.05) is 23.5 Å². The SMILES string of the molecule is C=C1C(=C2Sc3cccc(Cl)c3N2C)SC(=Cc2scc[n+]2Cc2ccccc2)N1C(C)C. The second kappa shape index (κ2) is 9.26. The number of thioether (sulfide) groups is 2. The molecule has 33 heavy (non-hydrogen) atoms. The Hall–Kier alpha value is -2.12. The van der Waals surface area contributed by atoms with E-state index in [9.17, 15) is 0 Å². The Morgan fingerprint density at radius 1 is 1.09 bits per heavy atom. The first-order valence-corrected chi connectivity index (χ1v) is 13.7. The molecule has 0 atom stereocenters. The summed E-state index contributed by atoms with van der Waals surface area (Å²) >= 11 is 11.9. The molecule has 7 heteroatoms. The van der Waals surface area contributed by atoms with Gasteiger partial charge in [-0.15, -0.1) is 0 Å². The highest BCUT2D eigenvalue weighted by Gasteiger charge is 2.36. The molecule has 0 saturated carbocycles. The van der Waals surface area contributed by atoms with Gasteiger partial charge < -0.3 is 9.80 Å². The van der Waals surface area contributed by atoms with Gasteiger partial charge in [0.2, 0.25) is 0 Å². The Bertz CT molecular complexity index is 1280. The zero-order valence-electron chi connectivity index (χ0n) is 18.8. The lowest BCUT2D eigenvalue weighted by Gasteiger charge is -2.24. The number of benzene rings is 2. The van der Waals surface area contributed by atoms with Crippen molar-refractivity contribution in [3.05, 3.63) is 103 Å². The summed E-state index contributed by atoms with van der Waals surface area (Å²) < 4.78 is 2.31. The van der Waals surface area contributed by atoms with E-state index in [1.165, 1.54) is 30.4 Å². The van der Waals surface area contributed by atoms with Crippen LogP contribution in [0.5, 0.6) is 0 Å². The third kappa shape index (κ3) is 4.26. The van der Waals surface area contributed by atoms with Crippen LogP contribution in [0, 0.1) is 0 Å². The van der Waals surface area contributed by atoms with Crippen LogP contribution in [0.15, 0.2) is 92.2 Å². The largest absolute Gasteiger partial charge is 0.336 e. The maximum absolute atomic E-state index is 6.53. The maximum Gasteiger partial charge on any atom is 0.264 e. The van der Waals surface area contributed by atoms with Crippen molar-refractivity contribution in [3.8, 4) is 0 Å². The minimum Gasteiger partial charge on any atom is -0.336 e. The monoisotopic (exact) mass is 510 g/mol. The van der Waals surface area contributed by atoms with Crippen LogP contribution < -0.4 is 9.47 Å². The topological polar surface area (TPSA) is 10.4 Å². The van der Waals surface area contributed by atoms with Crippen molar-refractivity contribution in [1.82, 2.24) is 4.90 Å². The Balaban J connectivity index is 1.51. The van der Waals surface area contributed by atoms with Gasteiger partial charge in [-0.25, -0.2) is 0 Å². The molecule has 0 bridgehead atoms. The second-order valence-corrected chi connectivity index (χ2v) is 11.6. The molecule has 0 radical (unpaired) electrons. The van der Waals surface area contributed by atoms with Crippen LogP contribution in [-0.2, 0) is 6.54 Å². The van der Waals surface area contributed by atoms with Crippen LogP contribution in [-0.4, -0.2) is 18.0 Å². The molecule has 3 heterocycles. The van der Waals surface area contributed by atoms with Gasteiger partial charge in [0.05, 0.1) is 42.8 Å². The molecule has 1 saturated heterocycles. The average molecular weight is 511 g/mol. The molecule has 1 fully saturated rings. The van der Waals surface area contributed by atoms with Gasteiger partial charge in [-0.2, -0.15) is 4.57 Å². The number of anilines is 1. The van der Waals surface area contributed by atoms with Crippen LogP contribution in [0.2, 0.25) is 5.02 Å². The third-order valence-corrected chi connectivity index (χ3v) is 9.32. The van der Waals surface area contributed by atoms with E-state index in [1.54, 1.807) is 34.9 Å². The van der Waals surface area contributed by atoms with E-state index in [4.69, 9.17) is 11.6 Å². The van der Waals surface area contributed by atoms with Gasteiger partial charge in [-0.3, -0.25) is 0 Å². The molecule has 2 aliphatic rings. The average Bonchev–Trinajstić information content (AvgIpc) is 3.46. The van der Waals surface area contributed by atoms with Crippen LogP contribution in [0.1, 0.15) is 24.4 Å². The molecule has 0 unspecified atom stereocenters. The summed E-state index contributed by atoms with van der Waals surface area (Å²) in [6, 6.07) is 17.0. The third-order valence-electron chi connectivity index (χ3n) is 5.66. The van der Waals surface area contributed by atoms with E-state index in [0.717, 1.165) is 23.0 Å². The molecule has 3 nitrogen and oxygen atoms in total. The van der Waals surface area contributed by atoms with E-state index >= 15 is 0 Å².